The van der Waals surface area contributed by atoms with Crippen LogP contribution >= 0.6 is 15.6 Å². The third kappa shape index (κ3) is 69.1. The highest BCUT2D eigenvalue weighted by molar-refractivity contribution is 7.47. The Morgan fingerprint density at radius 1 is 0.312 bits per heavy atom. The van der Waals surface area contributed by atoms with E-state index in [0.29, 0.717) is 25.7 Å². The van der Waals surface area contributed by atoms with Gasteiger partial charge < -0.3 is 34.2 Å². The van der Waals surface area contributed by atoms with E-state index in [1.54, 1.807) is 0 Å². The van der Waals surface area contributed by atoms with Crippen LogP contribution in [0.4, 0.5) is 0 Å². The molecule has 0 aliphatic rings. The molecule has 18 heteroatoms. The SMILES string of the molecule is CC/C=C\C/C=C\C/C=C\C/C=C\C/C=C\CCCCCCCCCCCCCCCC(=O)OCC(O)COP(=O)(O)OCC(O)COP(=O)(O)OCC(COC(=O)CCC/C=C\C/C=C\C/C=C\C/C=C\C/C=C\CC)OC(=O)CCCCCCCCCCCCC. The summed E-state index contributed by atoms with van der Waals surface area (Å²) in [5.74, 6) is -1.64. The van der Waals surface area contributed by atoms with Crippen molar-refractivity contribution < 1.29 is 75.8 Å². The van der Waals surface area contributed by atoms with Gasteiger partial charge in [-0.05, 0) is 103 Å². The van der Waals surface area contributed by atoms with Gasteiger partial charge in [0.15, 0.2) is 6.10 Å². The molecule has 0 saturated carbocycles. The number of carbonyl (C=O) groups excluding carboxylic acids is 3. The largest absolute Gasteiger partial charge is 0.472 e. The van der Waals surface area contributed by atoms with Crippen LogP contribution in [-0.2, 0) is 55.8 Å². The highest BCUT2D eigenvalue weighted by Crippen LogP contribution is 2.45. The number of rotatable bonds is 67. The zero-order valence-corrected chi connectivity index (χ0v) is 59.7. The number of unbranched alkanes of at least 4 members (excludes halogenated alkanes) is 24. The van der Waals surface area contributed by atoms with E-state index < -0.39 is 91.5 Å². The quantitative estimate of drug-likeness (QED) is 0.0146. The lowest BCUT2D eigenvalue weighted by atomic mass is 10.0. The van der Waals surface area contributed by atoms with Gasteiger partial charge in [0.2, 0.25) is 0 Å². The van der Waals surface area contributed by atoms with Crippen molar-refractivity contribution in [3.63, 3.8) is 0 Å². The summed E-state index contributed by atoms with van der Waals surface area (Å²) in [6, 6.07) is 0. The number of aliphatic hydroxyl groups is 2. The van der Waals surface area contributed by atoms with Crippen molar-refractivity contribution in [3.8, 4) is 0 Å². The van der Waals surface area contributed by atoms with E-state index in [1.807, 2.05) is 12.2 Å². The Kier molecular flexibility index (Phi) is 65.0. The van der Waals surface area contributed by atoms with Gasteiger partial charge in [0.25, 0.3) is 0 Å². The third-order valence-corrected chi connectivity index (χ3v) is 16.6. The van der Waals surface area contributed by atoms with Gasteiger partial charge in [-0.1, -0.05) is 277 Å². The van der Waals surface area contributed by atoms with Crippen molar-refractivity contribution in [2.24, 2.45) is 0 Å². The molecular formula is C75H128O16P2. The molecule has 5 unspecified atom stereocenters. The second-order valence-corrected chi connectivity index (χ2v) is 26.5. The second-order valence-electron chi connectivity index (χ2n) is 23.6. The van der Waals surface area contributed by atoms with E-state index in [1.165, 1.54) is 96.3 Å². The van der Waals surface area contributed by atoms with Gasteiger partial charge in [-0.3, -0.25) is 32.5 Å². The lowest BCUT2D eigenvalue weighted by molar-refractivity contribution is -0.161. The molecule has 0 aliphatic heterocycles. The normalized spacial score (nSPS) is 14.9. The monoisotopic (exact) mass is 1350 g/mol. The molecule has 0 rings (SSSR count). The number of hydrogen-bond donors (Lipinski definition) is 4. The summed E-state index contributed by atoms with van der Waals surface area (Å²) in [4.78, 5) is 58.3. The first-order valence-corrected chi connectivity index (χ1v) is 38.8. The molecule has 0 amide bonds. The average molecular weight is 1350 g/mol. The smallest absolute Gasteiger partial charge is 0.463 e. The van der Waals surface area contributed by atoms with Gasteiger partial charge in [-0.15, -0.1) is 0 Å². The van der Waals surface area contributed by atoms with E-state index >= 15 is 0 Å². The molecule has 534 valence electrons. The molecule has 0 saturated heterocycles. The predicted molar refractivity (Wildman–Crippen MR) is 380 cm³/mol. The Bertz CT molecular complexity index is 2180. The molecule has 0 heterocycles. The van der Waals surface area contributed by atoms with E-state index in [9.17, 15) is 43.5 Å². The average Bonchev–Trinajstić information content (AvgIpc) is 2.42. The Morgan fingerprint density at radius 3 is 0.946 bits per heavy atom. The van der Waals surface area contributed by atoms with Gasteiger partial charge in [-0.2, -0.15) is 0 Å². The van der Waals surface area contributed by atoms with Gasteiger partial charge in [0.1, 0.15) is 25.4 Å². The number of allylic oxidation sites excluding steroid dienone is 20. The van der Waals surface area contributed by atoms with Crippen molar-refractivity contribution in [1.82, 2.24) is 0 Å². The van der Waals surface area contributed by atoms with Crippen LogP contribution in [0.2, 0.25) is 0 Å². The fraction of sp³-hybridized carbons (Fsp3) is 0.693. The van der Waals surface area contributed by atoms with Crippen molar-refractivity contribution in [1.29, 1.82) is 0 Å². The summed E-state index contributed by atoms with van der Waals surface area (Å²) >= 11 is 0. The van der Waals surface area contributed by atoms with Crippen LogP contribution in [0.15, 0.2) is 122 Å². The maximum absolute atomic E-state index is 12.9. The number of phosphoric ester groups is 2. The zero-order chi connectivity index (χ0) is 68.1. The second kappa shape index (κ2) is 67.9. The third-order valence-electron chi connectivity index (χ3n) is 14.7. The zero-order valence-electron chi connectivity index (χ0n) is 57.9. The summed E-state index contributed by atoms with van der Waals surface area (Å²) in [6.45, 7) is 2.36. The number of ether oxygens (including phenoxy) is 3. The topological polar surface area (TPSA) is 231 Å². The van der Waals surface area contributed by atoms with Crippen molar-refractivity contribution in [2.45, 2.75) is 296 Å². The summed E-state index contributed by atoms with van der Waals surface area (Å²) in [5.41, 5.74) is 0. The van der Waals surface area contributed by atoms with Gasteiger partial charge >= 0.3 is 33.6 Å². The standard InChI is InChI=1S/C75H128O16P2/c1-4-7-10-13-16-19-22-24-26-28-29-30-31-32-33-34-35-36-37-38-39-41-43-44-47-49-52-55-58-61-73(78)85-64-70(76)65-87-92(81,82)88-66-71(77)67-89-93(83,84)90-69-72(91-75(80)63-60-57-54-51-46-21-18-15-12-9-6-3)68-86-74(79)62-59-56-53-50-48-45-42-40-27-25-23-20-17-14-11-8-5-2/h7-8,10-11,16-17,19-20,24-27,29-30,32-33,42,45,50,53,70-72,76-77H,4-6,9,12-15,18,21-23,28,31,34-41,43-44,46-49,51-52,54-69H2,1-3H3,(H,81,82)(H,83,84)/b10-7-,11-8-,19-16-,20-17-,26-24-,27-25-,30-29-,33-32-,45-42-,53-50-. The van der Waals surface area contributed by atoms with E-state index in [0.717, 1.165) is 116 Å². The van der Waals surface area contributed by atoms with Crippen molar-refractivity contribution in [2.75, 3.05) is 39.6 Å². The fourth-order valence-corrected chi connectivity index (χ4v) is 10.9. The number of phosphoric acid groups is 2. The minimum absolute atomic E-state index is 0.0921. The molecule has 0 aromatic heterocycles. The Balaban J connectivity index is 4.46. The molecule has 16 nitrogen and oxygen atoms in total. The van der Waals surface area contributed by atoms with Crippen LogP contribution in [0.3, 0.4) is 0 Å². The Morgan fingerprint density at radius 2 is 0.581 bits per heavy atom. The summed E-state index contributed by atoms with van der Waals surface area (Å²) in [6.07, 6.45) is 78.5. The number of carbonyl (C=O) groups is 3. The molecule has 0 aliphatic carbocycles. The molecule has 93 heavy (non-hydrogen) atoms. The molecule has 0 radical (unpaired) electrons. The Labute approximate surface area is 563 Å². The minimum Gasteiger partial charge on any atom is -0.463 e. The maximum Gasteiger partial charge on any atom is 0.472 e. The summed E-state index contributed by atoms with van der Waals surface area (Å²) in [5, 5.41) is 20.6. The highest BCUT2D eigenvalue weighted by Gasteiger charge is 2.29. The molecule has 0 aromatic carbocycles. The number of hydrogen-bond acceptors (Lipinski definition) is 14. The van der Waals surface area contributed by atoms with Gasteiger partial charge in [0.05, 0.1) is 26.4 Å². The first kappa shape index (κ1) is 89.0. The fourth-order valence-electron chi connectivity index (χ4n) is 9.28. The van der Waals surface area contributed by atoms with Gasteiger partial charge in [0, 0.05) is 19.3 Å². The van der Waals surface area contributed by atoms with Crippen LogP contribution in [0.1, 0.15) is 278 Å². The lowest BCUT2D eigenvalue weighted by Gasteiger charge is -2.21. The van der Waals surface area contributed by atoms with E-state index in [2.05, 4.69) is 130 Å². The first-order valence-electron chi connectivity index (χ1n) is 35.8. The van der Waals surface area contributed by atoms with Crippen molar-refractivity contribution in [3.05, 3.63) is 122 Å². The molecule has 0 spiro atoms. The number of aliphatic hydroxyl groups excluding tert-OH is 2. The molecule has 5 atom stereocenters. The lowest BCUT2D eigenvalue weighted by Crippen LogP contribution is -2.30. The minimum atomic E-state index is -4.93. The summed E-state index contributed by atoms with van der Waals surface area (Å²) < 4.78 is 60.8. The van der Waals surface area contributed by atoms with Crippen LogP contribution in [0, 0.1) is 0 Å². The van der Waals surface area contributed by atoms with E-state index in [-0.39, 0.29) is 19.3 Å². The van der Waals surface area contributed by atoms with Crippen LogP contribution in [0.25, 0.3) is 0 Å². The summed E-state index contributed by atoms with van der Waals surface area (Å²) in [7, 11) is -9.79. The molecule has 4 N–H and O–H groups in total. The molecule has 0 aromatic rings. The molecule has 0 bridgehead atoms. The van der Waals surface area contributed by atoms with Crippen LogP contribution in [0.5, 0.6) is 0 Å². The molecule has 0 fully saturated rings. The van der Waals surface area contributed by atoms with E-state index in [4.69, 9.17) is 32.3 Å². The highest BCUT2D eigenvalue weighted by atomic mass is 31.2. The predicted octanol–water partition coefficient (Wildman–Crippen LogP) is 20.2. The van der Waals surface area contributed by atoms with Crippen molar-refractivity contribution >= 4 is 33.6 Å². The number of esters is 3. The van der Waals surface area contributed by atoms with Crippen LogP contribution in [-0.4, -0.2) is 95.9 Å². The Hall–Kier alpha value is -4.05. The van der Waals surface area contributed by atoms with Gasteiger partial charge in [-0.25, -0.2) is 9.13 Å². The van der Waals surface area contributed by atoms with Crippen LogP contribution < -0.4 is 0 Å². The molecular weight excluding hydrogens is 1220 g/mol. The first-order chi connectivity index (χ1) is 45.2. The maximum atomic E-state index is 12.9.